The van der Waals surface area contributed by atoms with Gasteiger partial charge in [-0.05, 0) is 42.4 Å². The third kappa shape index (κ3) is 2.48. The first-order chi connectivity index (χ1) is 11.2. The van der Waals surface area contributed by atoms with Crippen molar-refractivity contribution in [2.75, 3.05) is 0 Å². The Morgan fingerprint density at radius 1 is 1.26 bits per heavy atom. The minimum Gasteiger partial charge on any atom is -0.352 e. The highest BCUT2D eigenvalue weighted by Crippen LogP contribution is 2.60. The second-order valence-electron chi connectivity index (χ2n) is 6.70. The molecule has 0 unspecified atom stereocenters. The van der Waals surface area contributed by atoms with Crippen LogP contribution in [0.2, 0.25) is 0 Å². The van der Waals surface area contributed by atoms with Crippen molar-refractivity contribution >= 4 is 5.91 Å². The molecule has 23 heavy (non-hydrogen) atoms. The fourth-order valence-electron chi connectivity index (χ4n) is 4.04. The van der Waals surface area contributed by atoms with Crippen molar-refractivity contribution in [3.8, 4) is 0 Å². The second-order valence-corrected chi connectivity index (χ2v) is 6.70. The van der Waals surface area contributed by atoms with Crippen molar-refractivity contribution in [1.82, 2.24) is 10.3 Å². The zero-order valence-electron chi connectivity index (χ0n) is 13.0. The highest BCUT2D eigenvalue weighted by molar-refractivity contribution is 5.84. The number of amides is 1. The highest BCUT2D eigenvalue weighted by atomic mass is 16.2. The van der Waals surface area contributed by atoms with Crippen molar-refractivity contribution < 1.29 is 4.79 Å². The number of benzene rings is 1. The summed E-state index contributed by atoms with van der Waals surface area (Å²) in [6.45, 7) is 0.462. The number of carbonyl (C=O) groups excluding carboxylic acids is 1. The Bertz CT molecular complexity index is 791. The molecule has 0 aliphatic heterocycles. The molecular formula is C19H20N2O2. The number of nitrogens with one attached hydrogen (secondary N) is 2. The van der Waals surface area contributed by atoms with Crippen LogP contribution in [-0.2, 0) is 23.2 Å². The Kier molecular flexibility index (Phi) is 3.33. The monoisotopic (exact) mass is 308 g/mol. The predicted octanol–water partition coefficient (Wildman–Crippen LogP) is 2.29. The minimum absolute atomic E-state index is 0.0733. The van der Waals surface area contributed by atoms with E-state index in [-0.39, 0.29) is 22.8 Å². The van der Waals surface area contributed by atoms with Gasteiger partial charge >= 0.3 is 0 Å². The molecule has 4 rings (SSSR count). The van der Waals surface area contributed by atoms with Gasteiger partial charge in [-0.1, -0.05) is 30.3 Å². The molecule has 1 fully saturated rings. The molecule has 1 aromatic carbocycles. The summed E-state index contributed by atoms with van der Waals surface area (Å²) >= 11 is 0. The van der Waals surface area contributed by atoms with Crippen LogP contribution in [0.5, 0.6) is 0 Å². The lowest BCUT2D eigenvalue weighted by Crippen LogP contribution is -2.30. The van der Waals surface area contributed by atoms with Crippen molar-refractivity contribution in [3.63, 3.8) is 0 Å². The fraction of sp³-hybridized carbons (Fsp3) is 0.368. The summed E-state index contributed by atoms with van der Waals surface area (Å²) in [6, 6.07) is 11.8. The molecule has 0 saturated heterocycles. The van der Waals surface area contributed by atoms with Gasteiger partial charge < -0.3 is 10.3 Å². The molecule has 0 bridgehead atoms. The van der Waals surface area contributed by atoms with Crippen molar-refractivity contribution in [2.45, 2.75) is 37.6 Å². The molecule has 118 valence electrons. The number of rotatable bonds is 3. The lowest BCUT2D eigenvalue weighted by molar-refractivity contribution is -0.123. The molecule has 1 spiro atoms. The van der Waals surface area contributed by atoms with E-state index >= 15 is 0 Å². The highest BCUT2D eigenvalue weighted by Gasteiger charge is 2.59. The molecule has 2 N–H and O–H groups in total. The number of hydrogen-bond acceptors (Lipinski definition) is 2. The molecule has 2 aliphatic carbocycles. The molecule has 1 amide bonds. The summed E-state index contributed by atoms with van der Waals surface area (Å²) in [5.74, 6) is 0.222. The van der Waals surface area contributed by atoms with Crippen LogP contribution in [0.4, 0.5) is 0 Å². The van der Waals surface area contributed by atoms with Gasteiger partial charge in [-0.25, -0.2) is 0 Å². The number of aromatic nitrogens is 1. The van der Waals surface area contributed by atoms with E-state index in [9.17, 15) is 9.59 Å². The minimum atomic E-state index is -0.125. The van der Waals surface area contributed by atoms with Crippen molar-refractivity contribution in [2.24, 2.45) is 5.92 Å². The van der Waals surface area contributed by atoms with Gasteiger partial charge in [0.25, 0.3) is 0 Å². The number of hydrogen-bond donors (Lipinski definition) is 2. The molecule has 2 aliphatic rings. The molecule has 0 radical (unpaired) electrons. The van der Waals surface area contributed by atoms with Crippen molar-refractivity contribution in [1.29, 1.82) is 0 Å². The van der Waals surface area contributed by atoms with Crippen LogP contribution in [0.25, 0.3) is 0 Å². The zero-order valence-corrected chi connectivity index (χ0v) is 13.0. The predicted molar refractivity (Wildman–Crippen MR) is 88.1 cm³/mol. The lowest BCUT2D eigenvalue weighted by atomic mass is 9.78. The first-order valence-electron chi connectivity index (χ1n) is 8.23. The van der Waals surface area contributed by atoms with Gasteiger partial charge in [0, 0.05) is 30.1 Å². The van der Waals surface area contributed by atoms with Crippen LogP contribution in [0, 0.1) is 5.92 Å². The van der Waals surface area contributed by atoms with Crippen LogP contribution in [0.15, 0.2) is 47.4 Å². The summed E-state index contributed by atoms with van der Waals surface area (Å²) in [4.78, 5) is 26.2. The van der Waals surface area contributed by atoms with Crippen LogP contribution in [-0.4, -0.2) is 10.9 Å². The first kappa shape index (κ1) is 14.2. The molecule has 4 nitrogen and oxygen atoms in total. The van der Waals surface area contributed by atoms with E-state index in [0.717, 1.165) is 24.8 Å². The van der Waals surface area contributed by atoms with Crippen molar-refractivity contribution in [3.05, 3.63) is 69.6 Å². The third-order valence-electron chi connectivity index (χ3n) is 5.33. The van der Waals surface area contributed by atoms with Gasteiger partial charge in [0.2, 0.25) is 11.5 Å². The third-order valence-corrected chi connectivity index (χ3v) is 5.33. The van der Waals surface area contributed by atoms with E-state index in [1.54, 1.807) is 12.3 Å². The molecule has 1 heterocycles. The quantitative estimate of drug-likeness (QED) is 0.914. The largest absolute Gasteiger partial charge is 0.352 e. The number of aryl methyl sites for hydroxylation is 1. The first-order valence-corrected chi connectivity index (χ1v) is 8.23. The smallest absolute Gasteiger partial charge is 0.247 e. The van der Waals surface area contributed by atoms with Crippen LogP contribution < -0.4 is 10.9 Å². The van der Waals surface area contributed by atoms with Gasteiger partial charge in [0.1, 0.15) is 0 Å². The summed E-state index contributed by atoms with van der Waals surface area (Å²) in [5.41, 5.74) is 3.66. The maximum absolute atomic E-state index is 12.5. The summed E-state index contributed by atoms with van der Waals surface area (Å²) in [6.07, 6.45) is 6.02. The second kappa shape index (κ2) is 5.37. The Labute approximate surface area is 134 Å². The Morgan fingerprint density at radius 2 is 2.13 bits per heavy atom. The number of fused-ring (bicyclic) bond motifs is 2. The van der Waals surface area contributed by atoms with E-state index < -0.39 is 0 Å². The van der Waals surface area contributed by atoms with E-state index in [2.05, 4.69) is 34.6 Å². The number of carbonyl (C=O) groups is 1. The van der Waals surface area contributed by atoms with Crippen LogP contribution in [0.1, 0.15) is 36.0 Å². The average Bonchev–Trinajstić information content (AvgIpc) is 3.29. The maximum Gasteiger partial charge on any atom is 0.247 e. The standard InChI is InChI=1S/C19H20N2O2/c22-17-8-7-13(11-20-17)12-21-18(23)16-10-19(16)9-3-5-14-4-1-2-6-15(14)19/h1-2,4,6-8,11,16H,3,5,9-10,12H2,(H,20,22)(H,21,23)/t16-,19-/m0/s1. The maximum atomic E-state index is 12.5. The van der Waals surface area contributed by atoms with Gasteiger partial charge in [-0.2, -0.15) is 0 Å². The Morgan fingerprint density at radius 3 is 2.96 bits per heavy atom. The lowest BCUT2D eigenvalue weighted by Gasteiger charge is -2.26. The molecule has 2 atom stereocenters. The Hall–Kier alpha value is -2.36. The number of H-pyrrole nitrogens is 1. The summed E-state index contributed by atoms with van der Waals surface area (Å²) in [5, 5.41) is 3.02. The van der Waals surface area contributed by atoms with E-state index in [4.69, 9.17) is 0 Å². The molecule has 1 aromatic heterocycles. The number of aromatic amines is 1. The average molecular weight is 308 g/mol. The SMILES string of the molecule is O=C(NCc1ccc(=O)[nH]c1)[C@@H]1C[C@]12CCCc1ccccc12. The van der Waals surface area contributed by atoms with E-state index in [1.807, 2.05) is 0 Å². The van der Waals surface area contributed by atoms with Crippen LogP contribution in [0.3, 0.4) is 0 Å². The normalized spacial score (nSPS) is 25.0. The molecule has 1 saturated carbocycles. The van der Waals surface area contributed by atoms with Gasteiger partial charge in [0.15, 0.2) is 0 Å². The van der Waals surface area contributed by atoms with Crippen LogP contribution >= 0.6 is 0 Å². The molecule has 2 aromatic rings. The van der Waals surface area contributed by atoms with E-state index in [1.165, 1.54) is 23.6 Å². The van der Waals surface area contributed by atoms with Gasteiger partial charge in [0.05, 0.1) is 0 Å². The fourth-order valence-corrected chi connectivity index (χ4v) is 4.04. The van der Waals surface area contributed by atoms with Gasteiger partial charge in [-0.3, -0.25) is 9.59 Å². The number of pyridine rings is 1. The molecular weight excluding hydrogens is 288 g/mol. The topological polar surface area (TPSA) is 62.0 Å². The van der Waals surface area contributed by atoms with E-state index in [0.29, 0.717) is 6.54 Å². The summed E-state index contributed by atoms with van der Waals surface area (Å²) < 4.78 is 0. The Balaban J connectivity index is 1.46. The van der Waals surface area contributed by atoms with Gasteiger partial charge in [-0.15, -0.1) is 0 Å². The molecule has 4 heteroatoms. The zero-order chi connectivity index (χ0) is 15.9. The summed E-state index contributed by atoms with van der Waals surface area (Å²) in [7, 11) is 0.